The molecule has 32 heavy (non-hydrogen) atoms. The van der Waals surface area contributed by atoms with Gasteiger partial charge in [-0.05, 0) is 37.8 Å². The Labute approximate surface area is 195 Å². The van der Waals surface area contributed by atoms with Crippen LogP contribution in [0, 0.1) is 0 Å². The topological polar surface area (TPSA) is 65.7 Å². The van der Waals surface area contributed by atoms with Crippen LogP contribution in [-0.4, -0.2) is 77.4 Å². The Bertz CT molecular complexity index is 915. The van der Waals surface area contributed by atoms with Crippen LogP contribution in [0.25, 0.3) is 10.6 Å². The molecule has 6 nitrogen and oxygen atoms in total. The molecule has 0 radical (unpaired) electrons. The molecule has 0 spiro atoms. The molecule has 1 saturated carbocycles. The summed E-state index contributed by atoms with van der Waals surface area (Å²) < 4.78 is 0. The number of rotatable bonds is 7. The van der Waals surface area contributed by atoms with Crippen LogP contribution in [0.2, 0.25) is 0 Å². The molecule has 1 aromatic heterocycles. The van der Waals surface area contributed by atoms with E-state index in [0.717, 1.165) is 76.1 Å². The van der Waals surface area contributed by atoms with Gasteiger partial charge in [-0.3, -0.25) is 14.6 Å². The van der Waals surface area contributed by atoms with E-state index in [9.17, 15) is 4.79 Å². The molecule has 0 bridgehead atoms. The van der Waals surface area contributed by atoms with Crippen LogP contribution in [0.1, 0.15) is 41.8 Å². The number of nitrogens with two attached hydrogens (primary N) is 1. The molecule has 2 aromatic rings. The van der Waals surface area contributed by atoms with Gasteiger partial charge in [0.15, 0.2) is 0 Å². The van der Waals surface area contributed by atoms with E-state index in [1.165, 1.54) is 41.0 Å². The van der Waals surface area contributed by atoms with Crippen LogP contribution < -0.4 is 5.73 Å². The fourth-order valence-corrected chi connectivity index (χ4v) is 6.16. The highest BCUT2D eigenvalue weighted by Gasteiger charge is 2.30. The third-order valence-electron chi connectivity index (χ3n) is 7.30. The van der Waals surface area contributed by atoms with Crippen molar-refractivity contribution < 1.29 is 4.79 Å². The molecule has 1 amide bonds. The first kappa shape index (κ1) is 22.0. The van der Waals surface area contributed by atoms with E-state index < -0.39 is 0 Å². The minimum absolute atomic E-state index is 0.291. The Hall–Kier alpha value is -1.80. The molecule has 0 atom stereocenters. The normalized spacial score (nSPS) is 20.2. The summed E-state index contributed by atoms with van der Waals surface area (Å²) in [6, 6.07) is 9.54. The molecule has 172 valence electrons. The molecule has 3 aliphatic rings. The summed E-state index contributed by atoms with van der Waals surface area (Å²) in [5.74, 6) is 0.291. The summed E-state index contributed by atoms with van der Waals surface area (Å²) in [4.78, 5) is 26.1. The van der Waals surface area contributed by atoms with E-state index in [-0.39, 0.29) is 0 Å². The summed E-state index contributed by atoms with van der Waals surface area (Å²) in [5.41, 5.74) is 9.36. The predicted octanol–water partition coefficient (Wildman–Crippen LogP) is 2.76. The van der Waals surface area contributed by atoms with Gasteiger partial charge < -0.3 is 10.6 Å². The quantitative estimate of drug-likeness (QED) is 0.698. The van der Waals surface area contributed by atoms with Crippen molar-refractivity contribution in [1.82, 2.24) is 19.7 Å². The standard InChI is InChI=1S/C25H35N5OS/c26-11-2-3-19-6-8-20(9-7-19)25-27-22-10-12-28(17-23(22)32-25)18-24(31)30-15-13-29(14-16-30)21-4-1-5-21/h6-9,21H,1-5,10-18,26H2. The van der Waals surface area contributed by atoms with Crippen molar-refractivity contribution in [2.75, 3.05) is 45.8 Å². The zero-order chi connectivity index (χ0) is 21.9. The van der Waals surface area contributed by atoms with Crippen molar-refractivity contribution in [2.24, 2.45) is 5.73 Å². The van der Waals surface area contributed by atoms with Crippen LogP contribution in [0.4, 0.5) is 0 Å². The van der Waals surface area contributed by atoms with Crippen molar-refractivity contribution in [1.29, 1.82) is 0 Å². The molecule has 2 N–H and O–H groups in total. The molecule has 1 aliphatic carbocycles. The molecule has 7 heteroatoms. The average molecular weight is 454 g/mol. The summed E-state index contributed by atoms with van der Waals surface area (Å²) in [6.45, 7) is 6.90. The summed E-state index contributed by atoms with van der Waals surface area (Å²) in [7, 11) is 0. The lowest BCUT2D eigenvalue weighted by Gasteiger charge is -2.43. The summed E-state index contributed by atoms with van der Waals surface area (Å²) in [6.07, 6.45) is 7.06. The summed E-state index contributed by atoms with van der Waals surface area (Å²) >= 11 is 1.79. The van der Waals surface area contributed by atoms with Gasteiger partial charge in [-0.1, -0.05) is 30.7 Å². The molecule has 0 unspecified atom stereocenters. The first-order valence-electron chi connectivity index (χ1n) is 12.2. The van der Waals surface area contributed by atoms with Crippen molar-refractivity contribution in [2.45, 2.75) is 51.1 Å². The van der Waals surface area contributed by atoms with Gasteiger partial charge in [0.25, 0.3) is 0 Å². The molecule has 5 rings (SSSR count). The van der Waals surface area contributed by atoms with Crippen LogP contribution in [0.15, 0.2) is 24.3 Å². The van der Waals surface area contributed by atoms with Crippen LogP contribution >= 0.6 is 11.3 Å². The van der Waals surface area contributed by atoms with Gasteiger partial charge >= 0.3 is 0 Å². The molecule has 1 aromatic carbocycles. The number of hydrogen-bond acceptors (Lipinski definition) is 6. The number of aromatic nitrogens is 1. The first-order valence-corrected chi connectivity index (χ1v) is 13.0. The predicted molar refractivity (Wildman–Crippen MR) is 130 cm³/mol. The second kappa shape index (κ2) is 10.00. The number of carbonyl (C=O) groups excluding carboxylic acids is 1. The Morgan fingerprint density at radius 1 is 1.09 bits per heavy atom. The Morgan fingerprint density at radius 3 is 2.56 bits per heavy atom. The maximum atomic E-state index is 12.9. The van der Waals surface area contributed by atoms with E-state index in [1.54, 1.807) is 11.3 Å². The van der Waals surface area contributed by atoms with Crippen molar-refractivity contribution in [3.63, 3.8) is 0 Å². The van der Waals surface area contributed by atoms with Gasteiger partial charge in [0.05, 0.1) is 12.2 Å². The highest BCUT2D eigenvalue weighted by Crippen LogP contribution is 2.32. The number of carbonyl (C=O) groups is 1. The number of piperazine rings is 1. The molecule has 2 aliphatic heterocycles. The lowest BCUT2D eigenvalue weighted by molar-refractivity contribution is -0.135. The number of hydrogen-bond donors (Lipinski definition) is 1. The lowest BCUT2D eigenvalue weighted by Crippen LogP contribution is -2.55. The number of thiazole rings is 1. The average Bonchev–Trinajstić information content (AvgIpc) is 3.21. The van der Waals surface area contributed by atoms with E-state index in [0.29, 0.717) is 12.5 Å². The second-order valence-electron chi connectivity index (χ2n) is 9.44. The third kappa shape index (κ3) is 4.91. The van der Waals surface area contributed by atoms with Gasteiger partial charge in [0.2, 0.25) is 5.91 Å². The Kier molecular flexibility index (Phi) is 6.88. The van der Waals surface area contributed by atoms with Crippen molar-refractivity contribution in [3.05, 3.63) is 40.4 Å². The molecule has 1 saturated heterocycles. The van der Waals surface area contributed by atoms with E-state index in [2.05, 4.69) is 39.0 Å². The fraction of sp³-hybridized carbons (Fsp3) is 0.600. The third-order valence-corrected chi connectivity index (χ3v) is 8.43. The SMILES string of the molecule is NCCCc1ccc(-c2nc3c(s2)CN(CC(=O)N2CCN(C4CCC4)CC2)CC3)cc1. The molecule has 3 heterocycles. The molecule has 2 fully saturated rings. The zero-order valence-electron chi connectivity index (χ0n) is 19.0. The number of nitrogens with zero attached hydrogens (tertiary/aromatic N) is 4. The van der Waals surface area contributed by atoms with Gasteiger partial charge in [-0.25, -0.2) is 4.98 Å². The largest absolute Gasteiger partial charge is 0.339 e. The molecular weight excluding hydrogens is 418 g/mol. The zero-order valence-corrected chi connectivity index (χ0v) is 19.8. The highest BCUT2D eigenvalue weighted by atomic mass is 32.1. The minimum atomic E-state index is 0.291. The first-order chi connectivity index (χ1) is 15.7. The summed E-state index contributed by atoms with van der Waals surface area (Å²) in [5, 5.41) is 1.10. The Morgan fingerprint density at radius 2 is 1.88 bits per heavy atom. The van der Waals surface area contributed by atoms with Gasteiger partial charge in [0, 0.05) is 62.2 Å². The molecular formula is C25H35N5OS. The second-order valence-corrected chi connectivity index (χ2v) is 10.5. The number of amides is 1. The van der Waals surface area contributed by atoms with Crippen LogP contribution in [-0.2, 0) is 24.2 Å². The number of benzene rings is 1. The van der Waals surface area contributed by atoms with E-state index in [4.69, 9.17) is 10.7 Å². The highest BCUT2D eigenvalue weighted by molar-refractivity contribution is 7.15. The van der Waals surface area contributed by atoms with E-state index in [1.807, 2.05) is 0 Å². The minimum Gasteiger partial charge on any atom is -0.339 e. The van der Waals surface area contributed by atoms with Gasteiger partial charge in [-0.15, -0.1) is 11.3 Å². The Balaban J connectivity index is 1.15. The fourth-order valence-electron chi connectivity index (χ4n) is 5.01. The smallest absolute Gasteiger partial charge is 0.236 e. The van der Waals surface area contributed by atoms with E-state index >= 15 is 0 Å². The van der Waals surface area contributed by atoms with Gasteiger partial charge in [0.1, 0.15) is 5.01 Å². The monoisotopic (exact) mass is 453 g/mol. The lowest BCUT2D eigenvalue weighted by atomic mass is 9.91. The number of aryl methyl sites for hydroxylation is 1. The maximum absolute atomic E-state index is 12.9. The van der Waals surface area contributed by atoms with Crippen molar-refractivity contribution in [3.8, 4) is 10.6 Å². The van der Waals surface area contributed by atoms with Crippen molar-refractivity contribution >= 4 is 17.2 Å². The van der Waals surface area contributed by atoms with Gasteiger partial charge in [-0.2, -0.15) is 0 Å². The van der Waals surface area contributed by atoms with Crippen LogP contribution in [0.5, 0.6) is 0 Å². The van der Waals surface area contributed by atoms with Crippen LogP contribution in [0.3, 0.4) is 0 Å². The maximum Gasteiger partial charge on any atom is 0.236 e. The number of fused-ring (bicyclic) bond motifs is 1.